The SMILES string of the molecule is CC1Oc2c(C(=O)NCC3(O)CCC3)cccc2C1C. The van der Waals surface area contributed by atoms with Gasteiger partial charge in [-0.3, -0.25) is 4.79 Å². The maximum Gasteiger partial charge on any atom is 0.255 e. The van der Waals surface area contributed by atoms with E-state index in [4.69, 9.17) is 4.74 Å². The second kappa shape index (κ2) is 4.77. The lowest BCUT2D eigenvalue weighted by Gasteiger charge is -2.36. The highest BCUT2D eigenvalue weighted by Gasteiger charge is 2.35. The molecule has 1 aromatic rings. The third-order valence-electron chi connectivity index (χ3n) is 4.65. The molecule has 2 unspecified atom stereocenters. The number of para-hydroxylation sites is 1. The predicted octanol–water partition coefficient (Wildman–Crippen LogP) is 2.22. The molecule has 1 amide bonds. The number of hydrogen-bond donors (Lipinski definition) is 2. The highest BCUT2D eigenvalue weighted by Crippen LogP contribution is 2.40. The topological polar surface area (TPSA) is 58.6 Å². The van der Waals surface area contributed by atoms with E-state index in [9.17, 15) is 9.90 Å². The molecule has 2 aliphatic rings. The minimum Gasteiger partial charge on any atom is -0.489 e. The Morgan fingerprint density at radius 3 is 2.85 bits per heavy atom. The van der Waals surface area contributed by atoms with Gasteiger partial charge in [0.15, 0.2) is 0 Å². The van der Waals surface area contributed by atoms with Gasteiger partial charge in [-0.15, -0.1) is 0 Å². The standard InChI is InChI=1S/C16H21NO3/c1-10-11(2)20-14-12(10)5-3-6-13(14)15(18)17-9-16(19)7-4-8-16/h3,5-6,10-11,19H,4,7-9H2,1-2H3,(H,17,18). The van der Waals surface area contributed by atoms with Gasteiger partial charge in [0.1, 0.15) is 11.9 Å². The number of benzene rings is 1. The Morgan fingerprint density at radius 1 is 1.45 bits per heavy atom. The number of aliphatic hydroxyl groups is 1. The first-order valence-corrected chi connectivity index (χ1v) is 7.30. The molecule has 2 atom stereocenters. The van der Waals surface area contributed by atoms with Crippen LogP contribution in [0.5, 0.6) is 5.75 Å². The van der Waals surface area contributed by atoms with E-state index in [0.717, 1.165) is 24.8 Å². The number of nitrogens with one attached hydrogen (secondary N) is 1. The first kappa shape index (κ1) is 13.4. The van der Waals surface area contributed by atoms with Gasteiger partial charge >= 0.3 is 0 Å². The highest BCUT2D eigenvalue weighted by molar-refractivity contribution is 5.97. The van der Waals surface area contributed by atoms with Gasteiger partial charge < -0.3 is 15.2 Å². The molecule has 0 bridgehead atoms. The van der Waals surface area contributed by atoms with Gasteiger partial charge in [0.25, 0.3) is 5.91 Å². The van der Waals surface area contributed by atoms with Crippen LogP contribution in [0.25, 0.3) is 0 Å². The van der Waals surface area contributed by atoms with Gasteiger partial charge in [-0.05, 0) is 32.3 Å². The molecule has 1 aliphatic carbocycles. The lowest BCUT2D eigenvalue weighted by atomic mass is 9.80. The molecule has 2 N–H and O–H groups in total. The fraction of sp³-hybridized carbons (Fsp3) is 0.562. The van der Waals surface area contributed by atoms with Crippen LogP contribution >= 0.6 is 0 Å². The molecule has 0 saturated heterocycles. The molecule has 0 aromatic heterocycles. The molecule has 108 valence electrons. The molecule has 1 heterocycles. The van der Waals surface area contributed by atoms with Crippen molar-refractivity contribution in [3.8, 4) is 5.75 Å². The van der Waals surface area contributed by atoms with E-state index in [1.807, 2.05) is 19.1 Å². The average Bonchev–Trinajstić information content (AvgIpc) is 2.69. The monoisotopic (exact) mass is 275 g/mol. The van der Waals surface area contributed by atoms with Crippen LogP contribution < -0.4 is 10.1 Å². The summed E-state index contributed by atoms with van der Waals surface area (Å²) < 4.78 is 5.82. The van der Waals surface area contributed by atoms with Crippen LogP contribution in [0.3, 0.4) is 0 Å². The molecule has 4 heteroatoms. The van der Waals surface area contributed by atoms with Crippen LogP contribution in [-0.4, -0.2) is 29.3 Å². The van der Waals surface area contributed by atoms with Crippen LogP contribution in [0.2, 0.25) is 0 Å². The Hall–Kier alpha value is -1.55. The molecular weight excluding hydrogens is 254 g/mol. The molecule has 0 spiro atoms. The molecular formula is C16H21NO3. The van der Waals surface area contributed by atoms with Gasteiger partial charge in [0.2, 0.25) is 0 Å². The number of fused-ring (bicyclic) bond motifs is 1. The minimum absolute atomic E-state index is 0.0924. The van der Waals surface area contributed by atoms with Crippen molar-refractivity contribution in [3.05, 3.63) is 29.3 Å². The van der Waals surface area contributed by atoms with Crippen LogP contribution in [0.15, 0.2) is 18.2 Å². The Balaban J connectivity index is 1.76. The highest BCUT2D eigenvalue weighted by atomic mass is 16.5. The first-order chi connectivity index (χ1) is 9.50. The number of carbonyl (C=O) groups excluding carboxylic acids is 1. The molecule has 3 rings (SSSR count). The van der Waals surface area contributed by atoms with E-state index in [1.54, 1.807) is 6.07 Å². The lowest BCUT2D eigenvalue weighted by Crippen LogP contribution is -2.47. The summed E-state index contributed by atoms with van der Waals surface area (Å²) in [6, 6.07) is 5.69. The number of hydrogen-bond acceptors (Lipinski definition) is 3. The van der Waals surface area contributed by atoms with Crippen molar-refractivity contribution < 1.29 is 14.6 Å². The zero-order valence-corrected chi connectivity index (χ0v) is 12.0. The average molecular weight is 275 g/mol. The normalized spacial score (nSPS) is 26.4. The molecule has 1 aromatic carbocycles. The molecule has 1 saturated carbocycles. The van der Waals surface area contributed by atoms with Crippen LogP contribution in [0.4, 0.5) is 0 Å². The fourth-order valence-electron chi connectivity index (χ4n) is 2.87. The summed E-state index contributed by atoms with van der Waals surface area (Å²) in [6.07, 6.45) is 2.66. The van der Waals surface area contributed by atoms with Gasteiger partial charge in [-0.1, -0.05) is 19.1 Å². The summed E-state index contributed by atoms with van der Waals surface area (Å²) in [5.41, 5.74) is 0.962. The van der Waals surface area contributed by atoms with E-state index in [-0.39, 0.29) is 12.0 Å². The van der Waals surface area contributed by atoms with Crippen molar-refractivity contribution in [2.75, 3.05) is 6.54 Å². The summed E-state index contributed by atoms with van der Waals surface area (Å²) in [4.78, 5) is 12.3. The number of amides is 1. The first-order valence-electron chi connectivity index (χ1n) is 7.30. The van der Waals surface area contributed by atoms with Crippen LogP contribution in [0, 0.1) is 0 Å². The van der Waals surface area contributed by atoms with Gasteiger partial charge in [0, 0.05) is 18.0 Å². The van der Waals surface area contributed by atoms with Crippen molar-refractivity contribution in [3.63, 3.8) is 0 Å². The summed E-state index contributed by atoms with van der Waals surface area (Å²) in [5, 5.41) is 12.9. The Kier molecular flexibility index (Phi) is 3.21. The van der Waals surface area contributed by atoms with Gasteiger partial charge in [-0.2, -0.15) is 0 Å². The van der Waals surface area contributed by atoms with E-state index in [0.29, 0.717) is 23.8 Å². The van der Waals surface area contributed by atoms with Crippen molar-refractivity contribution in [1.82, 2.24) is 5.32 Å². The predicted molar refractivity (Wildman–Crippen MR) is 76.1 cm³/mol. The van der Waals surface area contributed by atoms with E-state index >= 15 is 0 Å². The van der Waals surface area contributed by atoms with Crippen molar-refractivity contribution in [2.24, 2.45) is 0 Å². The lowest BCUT2D eigenvalue weighted by molar-refractivity contribution is -0.0300. The second-order valence-electron chi connectivity index (χ2n) is 6.10. The third kappa shape index (κ3) is 2.18. The van der Waals surface area contributed by atoms with Crippen LogP contribution in [0.1, 0.15) is 54.9 Å². The number of rotatable bonds is 3. The summed E-state index contributed by atoms with van der Waals surface area (Å²) in [5.74, 6) is 0.836. The Labute approximate surface area is 119 Å². The smallest absolute Gasteiger partial charge is 0.255 e. The Morgan fingerprint density at radius 2 is 2.20 bits per heavy atom. The zero-order chi connectivity index (χ0) is 14.3. The summed E-state index contributed by atoms with van der Waals surface area (Å²) >= 11 is 0. The van der Waals surface area contributed by atoms with Crippen LogP contribution in [-0.2, 0) is 0 Å². The molecule has 20 heavy (non-hydrogen) atoms. The van der Waals surface area contributed by atoms with Crippen molar-refractivity contribution in [2.45, 2.75) is 50.7 Å². The van der Waals surface area contributed by atoms with Gasteiger partial charge in [-0.25, -0.2) is 0 Å². The molecule has 1 aliphatic heterocycles. The molecule has 1 fully saturated rings. The van der Waals surface area contributed by atoms with Crippen molar-refractivity contribution >= 4 is 5.91 Å². The van der Waals surface area contributed by atoms with Gasteiger partial charge in [0.05, 0.1) is 11.2 Å². The molecule has 0 radical (unpaired) electrons. The number of carbonyl (C=O) groups is 1. The maximum atomic E-state index is 12.3. The Bertz CT molecular complexity index is 537. The summed E-state index contributed by atoms with van der Waals surface area (Å²) in [6.45, 7) is 4.44. The summed E-state index contributed by atoms with van der Waals surface area (Å²) in [7, 11) is 0. The molecule has 4 nitrogen and oxygen atoms in total. The van der Waals surface area contributed by atoms with E-state index < -0.39 is 5.60 Å². The maximum absolute atomic E-state index is 12.3. The van der Waals surface area contributed by atoms with Crippen molar-refractivity contribution in [1.29, 1.82) is 0 Å². The zero-order valence-electron chi connectivity index (χ0n) is 12.0. The quantitative estimate of drug-likeness (QED) is 0.889. The number of ether oxygens (including phenoxy) is 1. The minimum atomic E-state index is -0.699. The fourth-order valence-corrected chi connectivity index (χ4v) is 2.87. The van der Waals surface area contributed by atoms with E-state index in [2.05, 4.69) is 12.2 Å². The third-order valence-corrected chi connectivity index (χ3v) is 4.65. The second-order valence-corrected chi connectivity index (χ2v) is 6.10. The van der Waals surface area contributed by atoms with E-state index in [1.165, 1.54) is 0 Å². The largest absolute Gasteiger partial charge is 0.489 e.